The molecule has 3 aromatic rings. The van der Waals surface area contributed by atoms with E-state index in [2.05, 4.69) is 12.2 Å². The van der Waals surface area contributed by atoms with Crippen molar-refractivity contribution in [2.45, 2.75) is 58.3 Å². The molecule has 0 aliphatic heterocycles. The number of hydrogen-bond donors (Lipinski definition) is 2. The van der Waals surface area contributed by atoms with Crippen molar-refractivity contribution in [3.05, 3.63) is 83.3 Å². The van der Waals surface area contributed by atoms with E-state index in [0.717, 1.165) is 47.3 Å². The first-order valence-corrected chi connectivity index (χ1v) is 13.7. The van der Waals surface area contributed by atoms with Crippen molar-refractivity contribution in [3.63, 3.8) is 0 Å². The normalized spacial score (nSPS) is 12.4. The van der Waals surface area contributed by atoms with Crippen molar-refractivity contribution in [2.75, 3.05) is 12.0 Å². The maximum atomic E-state index is 13.3. The van der Waals surface area contributed by atoms with Gasteiger partial charge in [0.2, 0.25) is 0 Å². The quantitative estimate of drug-likeness (QED) is 0.317. The molecule has 37 heavy (non-hydrogen) atoms. The average Bonchev–Trinajstić information content (AvgIpc) is 3.41. The van der Waals surface area contributed by atoms with Gasteiger partial charge in [-0.25, -0.2) is 4.79 Å². The summed E-state index contributed by atoms with van der Waals surface area (Å²) in [4.78, 5) is 25.0. The molecule has 0 spiro atoms. The van der Waals surface area contributed by atoms with Crippen LogP contribution in [0.2, 0.25) is 0 Å². The molecular weight excluding hydrogens is 481 g/mol. The van der Waals surface area contributed by atoms with Crippen LogP contribution in [0.25, 0.3) is 11.1 Å². The predicted octanol–water partition coefficient (Wildman–Crippen LogP) is 3.76. The number of nitrogens with one attached hydrogen (secondary N) is 1. The molecule has 0 bridgehead atoms. The number of thioether (sulfide) groups is 1. The van der Waals surface area contributed by atoms with Gasteiger partial charge in [0, 0.05) is 5.56 Å². The second-order valence-electron chi connectivity index (χ2n) is 8.80. The maximum absolute atomic E-state index is 13.3. The third-order valence-corrected chi connectivity index (χ3v) is 6.75. The second-order valence-corrected chi connectivity index (χ2v) is 9.78. The van der Waals surface area contributed by atoms with Gasteiger partial charge in [0.05, 0.1) is 12.9 Å². The van der Waals surface area contributed by atoms with E-state index in [9.17, 15) is 14.7 Å². The third kappa shape index (κ3) is 8.82. The van der Waals surface area contributed by atoms with Crippen LogP contribution in [0.15, 0.2) is 65.3 Å². The van der Waals surface area contributed by atoms with E-state index in [1.165, 1.54) is 0 Å². The first-order valence-electron chi connectivity index (χ1n) is 12.3. The first kappa shape index (κ1) is 30.8. The predicted molar refractivity (Wildman–Crippen MR) is 145 cm³/mol. The number of hydrogen-bond acceptors (Lipinski definition) is 5. The van der Waals surface area contributed by atoms with Gasteiger partial charge in [-0.1, -0.05) is 50.1 Å². The van der Waals surface area contributed by atoms with Crippen LogP contribution in [0.4, 0.5) is 0 Å². The Labute approximate surface area is 237 Å². The molecule has 1 heterocycles. The Morgan fingerprint density at radius 2 is 1.89 bits per heavy atom. The van der Waals surface area contributed by atoms with E-state index in [0.29, 0.717) is 24.3 Å². The zero-order chi connectivity index (χ0) is 25.9. The van der Waals surface area contributed by atoms with Gasteiger partial charge in [-0.05, 0) is 78.3 Å². The number of carbonyl (C=O) groups excluding carboxylic acids is 1. The van der Waals surface area contributed by atoms with Crippen LogP contribution in [0.3, 0.4) is 0 Å². The Morgan fingerprint density at radius 1 is 1.11 bits per heavy atom. The van der Waals surface area contributed by atoms with Crippen LogP contribution >= 0.6 is 11.8 Å². The molecule has 2 N–H and O–H groups in total. The van der Waals surface area contributed by atoms with Gasteiger partial charge < -0.3 is 21.0 Å². The third-order valence-electron chi connectivity index (χ3n) is 6.11. The van der Waals surface area contributed by atoms with Gasteiger partial charge in [0.1, 0.15) is 17.9 Å². The molecule has 6 nitrogen and oxygen atoms in total. The molecule has 0 radical (unpaired) electrons. The number of furan rings is 1. The molecule has 0 saturated heterocycles. The first-order chi connectivity index (χ1) is 17.4. The minimum atomic E-state index is -1.03. The van der Waals surface area contributed by atoms with Gasteiger partial charge in [-0.3, -0.25) is 4.79 Å². The zero-order valence-corrected chi connectivity index (χ0v) is 23.0. The topological polar surface area (TPSA) is 88.8 Å². The Hall–Kier alpha value is -2.43. The Balaban J connectivity index is 0.00000361. The molecule has 8 heteroatoms. The minimum Gasteiger partial charge on any atom is -1.00 e. The number of ether oxygens (including phenoxy) is 1. The monoisotopic (exact) mass is 517 g/mol. The number of amides is 1. The fraction of sp³-hybridized carbons (Fsp3) is 0.379. The van der Waals surface area contributed by atoms with Gasteiger partial charge in [0.15, 0.2) is 0 Å². The fourth-order valence-electron chi connectivity index (χ4n) is 4.07. The molecule has 2 atom stereocenters. The van der Waals surface area contributed by atoms with E-state index in [1.807, 2.05) is 61.7 Å². The molecular formula is C29H36LiNO5S. The average molecular weight is 518 g/mol. The molecule has 2 aromatic carbocycles. The Morgan fingerprint density at radius 3 is 2.54 bits per heavy atom. The standard InChI is InChI=1S/C29H35NO5S.Li.H/c1-4-5-11-27(26-12-8-16-34-26)35-19-21-13-14-23(24(18-21)22-10-7-6-9-20(22)2)28(31)30-25(29(32)33)15-17-36-3;;/h6-10,12-14,16,18,25,27H,4-5,11,15,17,19H2,1-3H3,(H,30,31)(H,32,33);;/q;+1;-1/t25-,27?;;/m0../s1. The van der Waals surface area contributed by atoms with Crippen molar-refractivity contribution in [1.29, 1.82) is 0 Å². The summed E-state index contributed by atoms with van der Waals surface area (Å²) in [6, 6.07) is 16.3. The van der Waals surface area contributed by atoms with Gasteiger partial charge in [-0.15, -0.1) is 0 Å². The zero-order valence-electron chi connectivity index (χ0n) is 23.2. The number of aliphatic carboxylic acids is 1. The summed E-state index contributed by atoms with van der Waals surface area (Å²) in [6.07, 6.45) is 6.75. The molecule has 1 aromatic heterocycles. The molecule has 3 rings (SSSR count). The van der Waals surface area contributed by atoms with Gasteiger partial charge in [-0.2, -0.15) is 11.8 Å². The molecule has 1 unspecified atom stereocenters. The van der Waals surface area contributed by atoms with E-state index in [1.54, 1.807) is 24.1 Å². The Bertz CT molecular complexity index is 1140. The summed E-state index contributed by atoms with van der Waals surface area (Å²) in [5.74, 6) is 0.0256. The number of rotatable bonds is 14. The number of benzene rings is 2. The molecule has 0 aliphatic carbocycles. The number of unbranched alkanes of at least 4 members (excludes halogenated alkanes) is 1. The smallest absolute Gasteiger partial charge is 1.00 e. The van der Waals surface area contributed by atoms with E-state index in [-0.39, 0.29) is 26.4 Å². The van der Waals surface area contributed by atoms with Crippen molar-refractivity contribution in [2.24, 2.45) is 0 Å². The van der Waals surface area contributed by atoms with Crippen LogP contribution in [0.1, 0.15) is 67.4 Å². The largest absolute Gasteiger partial charge is 1.00 e. The summed E-state index contributed by atoms with van der Waals surface area (Å²) in [5.41, 5.74) is 4.07. The number of aryl methyl sites for hydroxylation is 1. The Kier molecular flexibility index (Phi) is 13.1. The summed E-state index contributed by atoms with van der Waals surface area (Å²) in [6.45, 7) is 4.51. The SMILES string of the molecule is CCCCC(OCc1ccc(C(=O)N[C@@H](CCSC)C(=O)O)c(-c2ccccc2C)c1)c1ccco1.[H-].[Li+]. The molecule has 1 amide bonds. The number of carbonyl (C=O) groups is 2. The summed E-state index contributed by atoms with van der Waals surface area (Å²) in [7, 11) is 0. The van der Waals surface area contributed by atoms with Crippen LogP contribution in [0.5, 0.6) is 0 Å². The molecule has 0 aliphatic rings. The molecule has 0 fully saturated rings. The van der Waals surface area contributed by atoms with Crippen molar-refractivity contribution in [3.8, 4) is 11.1 Å². The number of carboxylic acid groups (broad SMARTS) is 1. The van der Waals surface area contributed by atoms with Gasteiger partial charge >= 0.3 is 24.8 Å². The van der Waals surface area contributed by atoms with Crippen LogP contribution in [0, 0.1) is 6.92 Å². The van der Waals surface area contributed by atoms with E-state index in [4.69, 9.17) is 9.15 Å². The van der Waals surface area contributed by atoms with Crippen molar-refractivity contribution in [1.82, 2.24) is 5.32 Å². The van der Waals surface area contributed by atoms with Crippen LogP contribution in [-0.2, 0) is 16.1 Å². The van der Waals surface area contributed by atoms with E-state index < -0.39 is 17.9 Å². The second kappa shape index (κ2) is 15.7. The van der Waals surface area contributed by atoms with Crippen LogP contribution < -0.4 is 24.2 Å². The van der Waals surface area contributed by atoms with Crippen molar-refractivity contribution >= 4 is 23.6 Å². The maximum Gasteiger partial charge on any atom is 1.00 e. The minimum absolute atomic E-state index is 0. The van der Waals surface area contributed by atoms with E-state index >= 15 is 0 Å². The van der Waals surface area contributed by atoms with Crippen molar-refractivity contribution < 1.29 is 44.1 Å². The molecule has 194 valence electrons. The summed E-state index contributed by atoms with van der Waals surface area (Å²) in [5, 5.41) is 12.3. The summed E-state index contributed by atoms with van der Waals surface area (Å²) >= 11 is 1.55. The van der Waals surface area contributed by atoms with Gasteiger partial charge in [0.25, 0.3) is 5.91 Å². The number of carboxylic acids is 1. The fourth-order valence-corrected chi connectivity index (χ4v) is 4.55. The molecule has 0 saturated carbocycles. The summed E-state index contributed by atoms with van der Waals surface area (Å²) < 4.78 is 11.9. The van der Waals surface area contributed by atoms with Crippen LogP contribution in [-0.4, -0.2) is 35.0 Å².